The normalized spacial score (nSPS) is 9.54. The summed E-state index contributed by atoms with van der Waals surface area (Å²) in [4.78, 5) is 40.4. The second-order valence-electron chi connectivity index (χ2n) is 6.66. The minimum Gasteiger partial charge on any atom is -0.258 e. The molecule has 0 N–H and O–H groups in total. The van der Waals surface area contributed by atoms with Crippen LogP contribution in [0.5, 0.6) is 0 Å². The molecular weight excluding hydrogens is 534 g/mol. The standard InChI is InChI=1S/C8H7N3O2.C7H5N3O2.C5H3ClN2O2.C3H5N/c1-6(5-9)8-7(11(12)13)3-2-4-10-8;8-4-3-6-7(10(11)12)2-1-5-9-6;6-5-4(8(9)10)2-1-3-7-5;1-2-3-4/h2-4,6H,1H3;1-2,5H,3H2;1-3H;2H2,1H3. The van der Waals surface area contributed by atoms with E-state index in [1.54, 1.807) is 6.92 Å². The van der Waals surface area contributed by atoms with Crippen LogP contribution < -0.4 is 0 Å². The summed E-state index contributed by atoms with van der Waals surface area (Å²) < 4.78 is 0. The highest BCUT2D eigenvalue weighted by atomic mass is 35.5. The lowest BCUT2D eigenvalue weighted by molar-refractivity contribution is -0.386. The minimum atomic E-state index is -0.574. The van der Waals surface area contributed by atoms with Crippen LogP contribution in [0.2, 0.25) is 5.15 Å². The van der Waals surface area contributed by atoms with Crippen molar-refractivity contribution in [2.24, 2.45) is 0 Å². The molecule has 0 aromatic carbocycles. The average Bonchev–Trinajstić information content (AvgIpc) is 2.94. The maximum Gasteiger partial charge on any atom is 0.306 e. The molecule has 0 bridgehead atoms. The Kier molecular flexibility index (Phi) is 16.0. The zero-order valence-corrected chi connectivity index (χ0v) is 21.3. The van der Waals surface area contributed by atoms with Gasteiger partial charge in [0.2, 0.25) is 5.15 Å². The fourth-order valence-corrected chi connectivity index (χ4v) is 2.47. The van der Waals surface area contributed by atoms with Crippen LogP contribution in [0.15, 0.2) is 55.0 Å². The zero-order valence-electron chi connectivity index (χ0n) is 20.5. The topological polar surface area (TPSA) is 239 Å². The highest BCUT2D eigenvalue weighted by molar-refractivity contribution is 6.31. The van der Waals surface area contributed by atoms with Gasteiger partial charge in [-0.25, -0.2) is 4.98 Å². The molecule has 16 heteroatoms. The summed E-state index contributed by atoms with van der Waals surface area (Å²) in [5.74, 6) is -0.554. The summed E-state index contributed by atoms with van der Waals surface area (Å²) in [6.07, 6.45) is 4.86. The first-order chi connectivity index (χ1) is 18.5. The number of pyridine rings is 3. The quantitative estimate of drug-likeness (QED) is 0.224. The Labute approximate surface area is 227 Å². The minimum absolute atomic E-state index is 0.0306. The van der Waals surface area contributed by atoms with Crippen LogP contribution in [0, 0.1) is 64.3 Å². The molecule has 3 heterocycles. The largest absolute Gasteiger partial charge is 0.306 e. The SMILES string of the molecule is CC(C#N)c1ncccc1[N+](=O)[O-].CCC#N.N#CCc1ncccc1[N+](=O)[O-].O=[N+]([O-])c1cccnc1Cl. The molecular formula is C23H20ClN9O6. The highest BCUT2D eigenvalue weighted by Gasteiger charge is 2.19. The Hall–Kier alpha value is -5.59. The molecule has 0 amide bonds. The smallest absolute Gasteiger partial charge is 0.258 e. The third-order valence-electron chi connectivity index (χ3n) is 4.02. The summed E-state index contributed by atoms with van der Waals surface area (Å²) in [5, 5.41) is 55.4. The number of hydrogen-bond donors (Lipinski definition) is 0. The van der Waals surface area contributed by atoms with Crippen molar-refractivity contribution in [2.45, 2.75) is 32.6 Å². The highest BCUT2D eigenvalue weighted by Crippen LogP contribution is 2.22. The first-order valence-corrected chi connectivity index (χ1v) is 11.0. The molecule has 0 spiro atoms. The summed E-state index contributed by atoms with van der Waals surface area (Å²) in [7, 11) is 0. The maximum atomic E-state index is 10.5. The Balaban J connectivity index is 0.000000522. The molecule has 0 aliphatic heterocycles. The maximum absolute atomic E-state index is 10.5. The molecule has 0 fully saturated rings. The van der Waals surface area contributed by atoms with Crippen molar-refractivity contribution in [1.82, 2.24) is 15.0 Å². The van der Waals surface area contributed by atoms with E-state index >= 15 is 0 Å². The van der Waals surface area contributed by atoms with E-state index in [2.05, 4.69) is 15.0 Å². The Bertz CT molecular complexity index is 1400. The van der Waals surface area contributed by atoms with Gasteiger partial charge >= 0.3 is 5.69 Å². The van der Waals surface area contributed by atoms with E-state index in [4.69, 9.17) is 27.4 Å². The van der Waals surface area contributed by atoms with E-state index in [0.29, 0.717) is 6.42 Å². The molecule has 1 atom stereocenters. The van der Waals surface area contributed by atoms with Crippen LogP contribution in [0.4, 0.5) is 17.1 Å². The molecule has 0 radical (unpaired) electrons. The average molecular weight is 554 g/mol. The Morgan fingerprint density at radius 1 is 0.821 bits per heavy atom. The van der Waals surface area contributed by atoms with Crippen molar-refractivity contribution >= 4 is 28.7 Å². The zero-order chi connectivity index (χ0) is 29.8. The first kappa shape index (κ1) is 33.4. The van der Waals surface area contributed by atoms with Crippen molar-refractivity contribution in [1.29, 1.82) is 15.8 Å². The number of halogens is 1. The van der Waals surface area contributed by atoms with E-state index < -0.39 is 20.7 Å². The van der Waals surface area contributed by atoms with Crippen LogP contribution in [0.25, 0.3) is 0 Å². The van der Waals surface area contributed by atoms with Crippen molar-refractivity contribution in [2.75, 3.05) is 0 Å². The Morgan fingerprint density at radius 3 is 1.69 bits per heavy atom. The van der Waals surface area contributed by atoms with Gasteiger partial charge in [-0.15, -0.1) is 0 Å². The van der Waals surface area contributed by atoms with E-state index in [9.17, 15) is 30.3 Å². The number of nitriles is 3. The van der Waals surface area contributed by atoms with Gasteiger partial charge < -0.3 is 0 Å². The fourth-order valence-electron chi connectivity index (χ4n) is 2.28. The van der Waals surface area contributed by atoms with Gasteiger partial charge in [0.05, 0.1) is 45.3 Å². The van der Waals surface area contributed by atoms with Crippen molar-refractivity contribution in [3.63, 3.8) is 0 Å². The molecule has 0 saturated heterocycles. The van der Waals surface area contributed by atoms with Crippen molar-refractivity contribution in [3.8, 4) is 18.2 Å². The molecule has 0 saturated carbocycles. The second-order valence-corrected chi connectivity index (χ2v) is 7.02. The predicted octanol–water partition coefficient (Wildman–Crippen LogP) is 5.24. The van der Waals surface area contributed by atoms with Gasteiger partial charge in [-0.05, 0) is 25.1 Å². The second kappa shape index (κ2) is 18.6. The lowest BCUT2D eigenvalue weighted by atomic mass is 10.1. The molecule has 15 nitrogen and oxygen atoms in total. The van der Waals surface area contributed by atoms with Crippen LogP contribution in [0.3, 0.4) is 0 Å². The summed E-state index contributed by atoms with van der Waals surface area (Å²) >= 11 is 5.37. The lowest BCUT2D eigenvalue weighted by Crippen LogP contribution is -2.00. The van der Waals surface area contributed by atoms with Gasteiger partial charge in [-0.1, -0.05) is 18.5 Å². The van der Waals surface area contributed by atoms with Gasteiger partial charge in [-0.2, -0.15) is 15.8 Å². The number of hydrogen-bond acceptors (Lipinski definition) is 12. The van der Waals surface area contributed by atoms with E-state index in [0.717, 1.165) is 0 Å². The fraction of sp³-hybridized carbons (Fsp3) is 0.217. The molecule has 200 valence electrons. The monoisotopic (exact) mass is 553 g/mol. The molecule has 1 unspecified atom stereocenters. The molecule has 3 aromatic rings. The van der Waals surface area contributed by atoms with E-state index in [1.165, 1.54) is 55.0 Å². The van der Waals surface area contributed by atoms with Crippen LogP contribution in [0.1, 0.15) is 37.6 Å². The summed E-state index contributed by atoms with van der Waals surface area (Å²) in [6.45, 7) is 3.40. The van der Waals surface area contributed by atoms with Crippen LogP contribution >= 0.6 is 11.6 Å². The molecule has 0 aliphatic rings. The van der Waals surface area contributed by atoms with Crippen LogP contribution in [-0.4, -0.2) is 29.7 Å². The molecule has 0 aliphatic carbocycles. The third kappa shape index (κ3) is 12.3. The van der Waals surface area contributed by atoms with Crippen molar-refractivity contribution in [3.05, 3.63) is 102 Å². The number of nitro groups is 3. The summed E-state index contributed by atoms with van der Waals surface area (Å²) in [6, 6.07) is 14.0. The molecule has 3 aromatic heterocycles. The van der Waals surface area contributed by atoms with Gasteiger partial charge in [0.1, 0.15) is 11.4 Å². The Morgan fingerprint density at radius 2 is 1.28 bits per heavy atom. The van der Waals surface area contributed by atoms with E-state index in [1.807, 2.05) is 25.1 Å². The third-order valence-corrected chi connectivity index (χ3v) is 4.31. The molecule has 3 rings (SSSR count). The molecule has 39 heavy (non-hydrogen) atoms. The number of aromatic nitrogens is 3. The van der Waals surface area contributed by atoms with Gasteiger partial charge in [0.25, 0.3) is 11.4 Å². The number of rotatable bonds is 5. The number of nitrogens with zero attached hydrogens (tertiary/aromatic N) is 9. The van der Waals surface area contributed by atoms with Crippen molar-refractivity contribution < 1.29 is 14.8 Å². The van der Waals surface area contributed by atoms with Gasteiger partial charge in [0, 0.05) is 43.2 Å². The van der Waals surface area contributed by atoms with Crippen LogP contribution in [-0.2, 0) is 6.42 Å². The predicted molar refractivity (Wildman–Crippen MR) is 137 cm³/mol. The first-order valence-electron chi connectivity index (χ1n) is 10.6. The summed E-state index contributed by atoms with van der Waals surface area (Å²) in [5.41, 5.74) is 0.0692. The van der Waals surface area contributed by atoms with Gasteiger partial charge in [-0.3, -0.25) is 40.3 Å². The van der Waals surface area contributed by atoms with E-state index in [-0.39, 0.29) is 40.0 Å². The lowest BCUT2D eigenvalue weighted by Gasteiger charge is -2.01. The van der Waals surface area contributed by atoms with Gasteiger partial charge in [0.15, 0.2) is 0 Å².